The molecule has 0 amide bonds. The van der Waals surface area contributed by atoms with Crippen LogP contribution in [0, 0.1) is 28.6 Å². The number of aliphatic hydroxyl groups excluding tert-OH is 1. The number of hydrogen-bond acceptors (Lipinski definition) is 6. The molecule has 8 heteroatoms. The van der Waals surface area contributed by atoms with Gasteiger partial charge in [0.05, 0.1) is 24.5 Å². The summed E-state index contributed by atoms with van der Waals surface area (Å²) in [5, 5.41) is 11.8. The first-order chi connectivity index (χ1) is 16.9. The molecule has 4 aliphatic carbocycles. The number of furan rings is 1. The molecule has 0 spiro atoms. The zero-order chi connectivity index (χ0) is 26.3. The zero-order valence-electron chi connectivity index (χ0n) is 21.0. The number of hydrogen-bond donors (Lipinski definition) is 1. The van der Waals surface area contributed by atoms with Gasteiger partial charge in [-0.05, 0) is 61.8 Å². The molecule has 1 aromatic rings. The van der Waals surface area contributed by atoms with E-state index in [4.69, 9.17) is 33.7 Å². The molecule has 6 nitrogen and oxygen atoms in total. The van der Waals surface area contributed by atoms with E-state index in [0.717, 1.165) is 5.57 Å². The molecule has 0 bridgehead atoms. The van der Waals surface area contributed by atoms with E-state index in [-0.39, 0.29) is 47.7 Å². The summed E-state index contributed by atoms with van der Waals surface area (Å²) in [6, 6.07) is 2.91. The molecule has 0 aromatic carbocycles. The van der Waals surface area contributed by atoms with Crippen LogP contribution < -0.4 is 0 Å². The number of alkyl halides is 2. The third-order valence-corrected chi connectivity index (χ3v) is 10.8. The lowest BCUT2D eigenvalue weighted by Crippen LogP contribution is -2.69. The summed E-state index contributed by atoms with van der Waals surface area (Å²) < 4.78 is 19.5. The van der Waals surface area contributed by atoms with Crippen LogP contribution >= 0.6 is 23.2 Å². The Balaban J connectivity index is 1.62. The smallest absolute Gasteiger partial charge is 0.375 e. The standard InChI is InChI=1S/C27H30Cl2O6/c1-15-11-19-18-7-6-16-12-17(30)8-9-24(16,2)26(18,29)21(31)13-25(19,3)27(15,22(32)14-28)35-23(33)20-5-4-10-34-20/h4-5,8-10,12,15,18-19,21,31H,6-7,11,13-14H2,1-3H3/t15-,18+,19+,21+,24+,25+,26+,27+/m1/s1/i8T. The number of halogens is 2. The lowest BCUT2D eigenvalue weighted by molar-refractivity contribution is -0.177. The summed E-state index contributed by atoms with van der Waals surface area (Å²) >= 11 is 13.6. The zero-order valence-corrected chi connectivity index (χ0v) is 21.5. The maximum Gasteiger partial charge on any atom is 0.375 e. The molecular formula is C27H30Cl2O6. The van der Waals surface area contributed by atoms with E-state index in [9.17, 15) is 19.5 Å². The SMILES string of the molecule is [3H]C1=C[C@@]2(C)C(=CC1=O)CC[C@H]1[C@@H]3C[C@@H](C)[C@](OC(=O)c4ccco4)(C(=O)CCl)[C@@]3(C)C[C@H](O)[C@@]12Cl. The highest BCUT2D eigenvalue weighted by molar-refractivity contribution is 6.29. The molecular weight excluding hydrogens is 491 g/mol. The van der Waals surface area contributed by atoms with Crippen molar-refractivity contribution >= 4 is 40.7 Å². The summed E-state index contributed by atoms with van der Waals surface area (Å²) in [6.45, 7) is 5.66. The van der Waals surface area contributed by atoms with Gasteiger partial charge in [0, 0.05) is 16.7 Å². The van der Waals surface area contributed by atoms with E-state index >= 15 is 0 Å². The minimum absolute atomic E-state index is 0.0148. The highest BCUT2D eigenvalue weighted by atomic mass is 35.5. The highest BCUT2D eigenvalue weighted by Crippen LogP contribution is 2.72. The number of fused-ring (bicyclic) bond motifs is 5. The Morgan fingerprint density at radius 3 is 2.74 bits per heavy atom. The number of ether oxygens (including phenoxy) is 1. The highest BCUT2D eigenvalue weighted by Gasteiger charge is 2.76. The van der Waals surface area contributed by atoms with Crippen molar-refractivity contribution in [3.63, 3.8) is 0 Å². The van der Waals surface area contributed by atoms with Gasteiger partial charge in [0.2, 0.25) is 5.76 Å². The molecule has 3 fully saturated rings. The van der Waals surface area contributed by atoms with Gasteiger partial charge in [-0.3, -0.25) is 9.59 Å². The molecule has 5 rings (SSSR count). The Hall–Kier alpha value is -1.89. The van der Waals surface area contributed by atoms with Crippen LogP contribution in [0.2, 0.25) is 0 Å². The van der Waals surface area contributed by atoms with Crippen LogP contribution in [0.25, 0.3) is 0 Å². The summed E-state index contributed by atoms with van der Waals surface area (Å²) in [7, 11) is 0. The van der Waals surface area contributed by atoms with Crippen molar-refractivity contribution in [3.05, 3.63) is 47.9 Å². The molecule has 4 aliphatic rings. The van der Waals surface area contributed by atoms with Crippen molar-refractivity contribution in [3.8, 4) is 0 Å². The average molecular weight is 523 g/mol. The second-order valence-electron chi connectivity index (χ2n) is 11.0. The summed E-state index contributed by atoms with van der Waals surface area (Å²) in [5.41, 5.74) is -2.60. The molecule has 3 saturated carbocycles. The molecule has 1 N–H and O–H groups in total. The third kappa shape index (κ3) is 3.02. The van der Waals surface area contributed by atoms with Gasteiger partial charge < -0.3 is 14.3 Å². The summed E-state index contributed by atoms with van der Waals surface area (Å²) in [4.78, 5) is 37.8. The van der Waals surface area contributed by atoms with Gasteiger partial charge in [0.25, 0.3) is 0 Å². The van der Waals surface area contributed by atoms with Gasteiger partial charge in [-0.25, -0.2) is 4.79 Å². The summed E-state index contributed by atoms with van der Waals surface area (Å²) in [5.74, 6) is -2.70. The Bertz CT molecular complexity index is 1190. The fraction of sp³-hybridized carbons (Fsp3) is 0.593. The Morgan fingerprint density at radius 1 is 1.34 bits per heavy atom. The van der Waals surface area contributed by atoms with E-state index in [2.05, 4.69) is 0 Å². The molecule has 8 atom stereocenters. The van der Waals surface area contributed by atoms with Crippen LogP contribution in [-0.4, -0.2) is 45.1 Å². The van der Waals surface area contributed by atoms with E-state index in [1.54, 1.807) is 12.1 Å². The number of ketones is 2. The first kappa shape index (κ1) is 23.5. The van der Waals surface area contributed by atoms with Crippen molar-refractivity contribution in [2.45, 2.75) is 63.0 Å². The number of Topliss-reactive ketones (excluding diaryl/α,β-unsaturated/α-hetero) is 1. The van der Waals surface area contributed by atoms with Gasteiger partial charge >= 0.3 is 5.97 Å². The minimum atomic E-state index is -1.57. The van der Waals surface area contributed by atoms with Crippen molar-refractivity contribution < 1.29 is 30.0 Å². The van der Waals surface area contributed by atoms with Gasteiger partial charge in [0.1, 0.15) is 0 Å². The molecule has 0 saturated heterocycles. The largest absolute Gasteiger partial charge is 0.457 e. The van der Waals surface area contributed by atoms with E-state index in [0.29, 0.717) is 19.3 Å². The third-order valence-electron chi connectivity index (χ3n) is 9.60. The number of allylic oxidation sites excluding steroid dienone is 4. The maximum atomic E-state index is 13.6. The first-order valence-electron chi connectivity index (χ1n) is 12.5. The van der Waals surface area contributed by atoms with Crippen molar-refractivity contribution in [2.24, 2.45) is 28.6 Å². The molecule has 0 radical (unpaired) electrons. The monoisotopic (exact) mass is 522 g/mol. The molecule has 1 aromatic heterocycles. The van der Waals surface area contributed by atoms with Crippen molar-refractivity contribution in [1.82, 2.24) is 0 Å². The molecule has 188 valence electrons. The number of carbonyl (C=O) groups is 3. The van der Waals surface area contributed by atoms with E-state index < -0.39 is 39.2 Å². The second kappa shape index (κ2) is 8.06. The van der Waals surface area contributed by atoms with Crippen molar-refractivity contribution in [1.29, 1.82) is 0 Å². The normalized spacial score (nSPS) is 44.9. The van der Waals surface area contributed by atoms with Crippen LogP contribution in [0.1, 0.15) is 58.4 Å². The molecule has 35 heavy (non-hydrogen) atoms. The summed E-state index contributed by atoms with van der Waals surface area (Å²) in [6.07, 6.45) is 5.15. The van der Waals surface area contributed by atoms with Crippen LogP contribution in [0.5, 0.6) is 0 Å². The first-order valence-corrected chi connectivity index (χ1v) is 13.0. The average Bonchev–Trinajstić information content (AvgIpc) is 3.43. The van der Waals surface area contributed by atoms with Crippen LogP contribution in [0.15, 0.2) is 46.6 Å². The predicted molar refractivity (Wildman–Crippen MR) is 130 cm³/mol. The lowest BCUT2D eigenvalue weighted by Gasteiger charge is -2.64. The molecule has 1 heterocycles. The Morgan fingerprint density at radius 2 is 2.09 bits per heavy atom. The Kier molecular flexibility index (Phi) is 5.41. The minimum Gasteiger partial charge on any atom is -0.457 e. The van der Waals surface area contributed by atoms with E-state index in [1.165, 1.54) is 18.4 Å². The molecule has 0 unspecified atom stereocenters. The number of rotatable bonds is 4. The predicted octanol–water partition coefficient (Wildman–Crippen LogP) is 4.87. The fourth-order valence-electron chi connectivity index (χ4n) is 8.00. The number of carbonyl (C=O) groups excluding carboxylic acids is 3. The quantitative estimate of drug-likeness (QED) is 0.447. The molecule has 0 aliphatic heterocycles. The number of esters is 1. The van der Waals surface area contributed by atoms with Crippen LogP contribution in [-0.2, 0) is 14.3 Å². The van der Waals surface area contributed by atoms with Crippen LogP contribution in [0.3, 0.4) is 0 Å². The fourth-order valence-corrected chi connectivity index (χ4v) is 8.72. The maximum absolute atomic E-state index is 13.6. The van der Waals surface area contributed by atoms with Gasteiger partial charge in [-0.15, -0.1) is 23.2 Å². The second-order valence-corrected chi connectivity index (χ2v) is 11.9. The van der Waals surface area contributed by atoms with Gasteiger partial charge in [-0.2, -0.15) is 0 Å². The number of aliphatic hydroxyl groups is 1. The van der Waals surface area contributed by atoms with Gasteiger partial charge in [0.15, 0.2) is 17.2 Å². The lowest BCUT2D eigenvalue weighted by atomic mass is 9.45. The van der Waals surface area contributed by atoms with Crippen molar-refractivity contribution in [2.75, 3.05) is 5.88 Å². The Labute approximate surface area is 216 Å². The van der Waals surface area contributed by atoms with Gasteiger partial charge in [-0.1, -0.05) is 32.4 Å². The van der Waals surface area contributed by atoms with E-state index in [1.807, 2.05) is 20.8 Å². The topological polar surface area (TPSA) is 93.8 Å². The van der Waals surface area contributed by atoms with Crippen LogP contribution in [0.4, 0.5) is 0 Å².